The number of carbonyl (C=O) groups excluding carboxylic acids is 2. The molecule has 1 saturated heterocycles. The molecular weight excluding hydrogens is 430 g/mol. The van der Waals surface area contributed by atoms with Gasteiger partial charge in [0.1, 0.15) is 29.1 Å². The summed E-state index contributed by atoms with van der Waals surface area (Å²) in [5, 5.41) is 11.3. The van der Waals surface area contributed by atoms with Crippen molar-refractivity contribution in [1.82, 2.24) is 4.90 Å². The van der Waals surface area contributed by atoms with Gasteiger partial charge in [-0.25, -0.2) is 0 Å². The lowest BCUT2D eigenvalue weighted by Gasteiger charge is -2.24. The third-order valence-electron chi connectivity index (χ3n) is 6.73. The van der Waals surface area contributed by atoms with Gasteiger partial charge in [0.2, 0.25) is 0 Å². The molecule has 2 aromatic carbocycles. The number of amides is 1. The number of carbonyl (C=O) groups is 2. The van der Waals surface area contributed by atoms with E-state index in [0.717, 1.165) is 31.2 Å². The Morgan fingerprint density at radius 2 is 1.82 bits per heavy atom. The first-order valence-corrected chi connectivity index (χ1v) is 11.6. The number of aliphatic hydroxyl groups excluding tert-OH is 1. The minimum Gasteiger partial charge on any atom is -0.507 e. The first-order chi connectivity index (χ1) is 16.5. The molecule has 6 nitrogen and oxygen atoms in total. The monoisotopic (exact) mass is 457 g/mol. The number of likely N-dealkylation sites (tertiary alicyclic amines) is 1. The Labute approximate surface area is 198 Å². The average molecular weight is 458 g/mol. The third-order valence-corrected chi connectivity index (χ3v) is 6.73. The van der Waals surface area contributed by atoms with Crippen LogP contribution in [0.3, 0.4) is 0 Å². The van der Waals surface area contributed by atoms with Gasteiger partial charge in [-0.05, 0) is 68.0 Å². The molecule has 0 spiro atoms. The summed E-state index contributed by atoms with van der Waals surface area (Å²) in [7, 11) is 1.57. The summed E-state index contributed by atoms with van der Waals surface area (Å²) in [5.41, 5.74) is 3.81. The smallest absolute Gasteiger partial charge is 0.296 e. The summed E-state index contributed by atoms with van der Waals surface area (Å²) in [6.45, 7) is 1.94. The van der Waals surface area contributed by atoms with E-state index in [4.69, 9.17) is 9.15 Å². The van der Waals surface area contributed by atoms with Crippen molar-refractivity contribution >= 4 is 17.4 Å². The molecule has 6 heteroatoms. The van der Waals surface area contributed by atoms with Gasteiger partial charge in [0, 0.05) is 11.1 Å². The number of benzene rings is 2. The number of methoxy groups -OCH3 is 1. The lowest BCUT2D eigenvalue weighted by Crippen LogP contribution is -2.29. The Hall–Kier alpha value is -3.80. The summed E-state index contributed by atoms with van der Waals surface area (Å²) < 4.78 is 11.3. The molecule has 1 amide bonds. The van der Waals surface area contributed by atoms with Crippen molar-refractivity contribution in [2.45, 2.75) is 45.2 Å². The number of furan rings is 1. The van der Waals surface area contributed by atoms with Gasteiger partial charge in [-0.2, -0.15) is 0 Å². The van der Waals surface area contributed by atoms with E-state index in [2.05, 4.69) is 0 Å². The molecule has 0 radical (unpaired) electrons. The second-order valence-corrected chi connectivity index (χ2v) is 8.88. The maximum absolute atomic E-state index is 13.3. The highest BCUT2D eigenvalue weighted by Crippen LogP contribution is 2.42. The molecule has 2 aliphatic rings. The molecular formula is C28H27NO5. The third kappa shape index (κ3) is 3.79. The molecule has 2 heterocycles. The van der Waals surface area contributed by atoms with E-state index in [-0.39, 0.29) is 17.9 Å². The molecule has 3 aromatic rings. The van der Waals surface area contributed by atoms with Crippen LogP contribution in [0.25, 0.3) is 5.76 Å². The highest BCUT2D eigenvalue weighted by atomic mass is 16.5. The van der Waals surface area contributed by atoms with Crippen molar-refractivity contribution in [3.05, 3.63) is 93.9 Å². The number of ether oxygens (including phenoxy) is 1. The van der Waals surface area contributed by atoms with Crippen molar-refractivity contribution in [1.29, 1.82) is 0 Å². The second kappa shape index (κ2) is 8.86. The molecule has 0 saturated carbocycles. The van der Waals surface area contributed by atoms with Gasteiger partial charge >= 0.3 is 0 Å². The van der Waals surface area contributed by atoms with Crippen LogP contribution < -0.4 is 4.74 Å². The Bertz CT molecular complexity index is 1300. The molecule has 0 bridgehead atoms. The zero-order valence-corrected chi connectivity index (χ0v) is 19.3. The van der Waals surface area contributed by atoms with Crippen molar-refractivity contribution < 1.29 is 23.8 Å². The van der Waals surface area contributed by atoms with E-state index in [1.54, 1.807) is 26.2 Å². The van der Waals surface area contributed by atoms with Gasteiger partial charge in [0.15, 0.2) is 0 Å². The van der Waals surface area contributed by atoms with Crippen LogP contribution in [-0.4, -0.2) is 28.8 Å². The summed E-state index contributed by atoms with van der Waals surface area (Å²) >= 11 is 0. The molecule has 1 aromatic heterocycles. The molecule has 1 aliphatic heterocycles. The van der Waals surface area contributed by atoms with Gasteiger partial charge in [-0.1, -0.05) is 30.3 Å². The Morgan fingerprint density at radius 1 is 1.06 bits per heavy atom. The fourth-order valence-electron chi connectivity index (χ4n) is 4.99. The van der Waals surface area contributed by atoms with Crippen molar-refractivity contribution in [2.75, 3.05) is 7.11 Å². The lowest BCUT2D eigenvalue weighted by atomic mass is 9.89. The molecule has 1 aliphatic carbocycles. The predicted octanol–water partition coefficient (Wildman–Crippen LogP) is 5.10. The highest BCUT2D eigenvalue weighted by Gasteiger charge is 2.47. The minimum absolute atomic E-state index is 0.0463. The normalized spacial score (nSPS) is 19.4. The minimum atomic E-state index is -0.838. The number of nitrogens with zero attached hydrogens (tertiary/aromatic N) is 1. The van der Waals surface area contributed by atoms with Gasteiger partial charge in [-0.15, -0.1) is 0 Å². The lowest BCUT2D eigenvalue weighted by molar-refractivity contribution is -0.140. The van der Waals surface area contributed by atoms with E-state index in [1.165, 1.54) is 16.0 Å². The fraction of sp³-hybridized carbons (Fsp3) is 0.286. The molecule has 174 valence electrons. The summed E-state index contributed by atoms with van der Waals surface area (Å²) in [4.78, 5) is 27.9. The first kappa shape index (κ1) is 22.0. The second-order valence-electron chi connectivity index (χ2n) is 8.88. The van der Waals surface area contributed by atoms with Crippen LogP contribution in [0.1, 0.15) is 52.7 Å². The topological polar surface area (TPSA) is 80.0 Å². The van der Waals surface area contributed by atoms with E-state index < -0.39 is 17.7 Å². The van der Waals surface area contributed by atoms with Crippen LogP contribution >= 0.6 is 0 Å². The van der Waals surface area contributed by atoms with E-state index in [9.17, 15) is 14.7 Å². The summed E-state index contributed by atoms with van der Waals surface area (Å²) in [6, 6.07) is 15.9. The van der Waals surface area contributed by atoms with Crippen LogP contribution in [0, 0.1) is 6.92 Å². The number of fused-ring (bicyclic) bond motifs is 1. The number of aliphatic hydroxyl groups is 1. The van der Waals surface area contributed by atoms with Gasteiger partial charge < -0.3 is 19.2 Å². The number of aryl methyl sites for hydroxylation is 3. The number of rotatable bonds is 5. The van der Waals surface area contributed by atoms with E-state index in [1.807, 2.05) is 42.5 Å². The first-order valence-electron chi connectivity index (χ1n) is 11.6. The standard InChI is InChI=1S/C28H27NO5/c1-17-11-14-23(34-17)25-24(26(30)20-13-12-18-7-3-4-8-19(18)15-20)27(31)28(32)29(25)16-21-9-5-6-10-22(21)33-2/h5-6,9-15,25,30H,3-4,7-8,16H2,1-2H3/b26-24+. The molecule has 1 fully saturated rings. The Morgan fingerprint density at radius 3 is 2.56 bits per heavy atom. The van der Waals surface area contributed by atoms with Crippen LogP contribution in [0.4, 0.5) is 0 Å². The summed E-state index contributed by atoms with van der Waals surface area (Å²) in [6.07, 6.45) is 4.22. The molecule has 1 unspecified atom stereocenters. The maximum Gasteiger partial charge on any atom is 0.296 e. The fourth-order valence-corrected chi connectivity index (χ4v) is 4.99. The van der Waals surface area contributed by atoms with Crippen LogP contribution in [-0.2, 0) is 29.0 Å². The van der Waals surface area contributed by atoms with Gasteiger partial charge in [0.25, 0.3) is 11.7 Å². The molecule has 34 heavy (non-hydrogen) atoms. The molecule has 1 N–H and O–H groups in total. The van der Waals surface area contributed by atoms with E-state index >= 15 is 0 Å². The highest BCUT2D eigenvalue weighted by molar-refractivity contribution is 6.46. The SMILES string of the molecule is COc1ccccc1CN1C(=O)C(=O)/C(=C(/O)c2ccc3c(c2)CCCC3)C1c1ccc(C)o1. The zero-order chi connectivity index (χ0) is 23.8. The van der Waals surface area contributed by atoms with Gasteiger partial charge in [-0.3, -0.25) is 9.59 Å². The van der Waals surface area contributed by atoms with Crippen molar-refractivity contribution in [3.8, 4) is 5.75 Å². The zero-order valence-electron chi connectivity index (χ0n) is 19.3. The number of para-hydroxylation sites is 1. The van der Waals surface area contributed by atoms with Crippen molar-refractivity contribution in [3.63, 3.8) is 0 Å². The predicted molar refractivity (Wildman–Crippen MR) is 127 cm³/mol. The molecule has 1 atom stereocenters. The largest absolute Gasteiger partial charge is 0.507 e. The van der Waals surface area contributed by atoms with Gasteiger partial charge in [0.05, 0.1) is 19.2 Å². The van der Waals surface area contributed by atoms with Crippen LogP contribution in [0.15, 0.2) is 64.6 Å². The van der Waals surface area contributed by atoms with Crippen LogP contribution in [0.2, 0.25) is 0 Å². The summed E-state index contributed by atoms with van der Waals surface area (Å²) in [5.74, 6) is 0.146. The van der Waals surface area contributed by atoms with E-state index in [0.29, 0.717) is 22.8 Å². The average Bonchev–Trinajstić information content (AvgIpc) is 3.39. The number of hydrogen-bond acceptors (Lipinski definition) is 5. The Kier molecular flexibility index (Phi) is 5.74. The Balaban J connectivity index is 1.62. The number of ketones is 1. The van der Waals surface area contributed by atoms with Crippen LogP contribution in [0.5, 0.6) is 5.75 Å². The quantitative estimate of drug-likeness (QED) is 0.328. The molecule has 5 rings (SSSR count). The number of Topliss-reactive ketones (excluding diaryl/α,β-unsaturated/α-hetero) is 1. The maximum atomic E-state index is 13.3. The number of hydrogen-bond donors (Lipinski definition) is 1. The van der Waals surface area contributed by atoms with Crippen molar-refractivity contribution in [2.24, 2.45) is 0 Å².